The molecule has 1 amide bonds. The Hall–Kier alpha value is -4.66. The highest BCUT2D eigenvalue weighted by atomic mass is 19.1. The highest BCUT2D eigenvalue weighted by Gasteiger charge is 2.35. The maximum Gasteiger partial charge on any atom is 0.318 e. The van der Waals surface area contributed by atoms with Crippen LogP contribution in [-0.4, -0.2) is 122 Å². The fourth-order valence-corrected chi connectivity index (χ4v) is 8.48. The molecule has 0 aliphatic carbocycles. The van der Waals surface area contributed by atoms with Crippen LogP contribution in [0.1, 0.15) is 81.4 Å². The molecule has 4 fully saturated rings. The number of ether oxygens (including phenoxy) is 3. The van der Waals surface area contributed by atoms with Gasteiger partial charge in [0.25, 0.3) is 0 Å². The molecule has 58 heavy (non-hydrogen) atoms. The Bertz CT molecular complexity index is 1920. The molecule has 0 spiro atoms. The van der Waals surface area contributed by atoms with Crippen LogP contribution in [0.5, 0.6) is 6.01 Å². The summed E-state index contributed by atoms with van der Waals surface area (Å²) in [5.41, 5.74) is 2.80. The molecule has 4 saturated heterocycles. The minimum absolute atomic E-state index is 0.0303. The second-order valence-electron chi connectivity index (χ2n) is 14.8. The average Bonchev–Trinajstić information content (AvgIpc) is 3.85. The van der Waals surface area contributed by atoms with Crippen molar-refractivity contribution in [3.8, 4) is 24.4 Å². The number of amides is 1. The van der Waals surface area contributed by atoms with Crippen LogP contribution in [0, 0.1) is 29.5 Å². The molecular weight excluding hydrogens is 741 g/mol. The van der Waals surface area contributed by atoms with Crippen molar-refractivity contribution in [2.45, 2.75) is 90.3 Å². The van der Waals surface area contributed by atoms with Gasteiger partial charge in [0.05, 0.1) is 43.3 Å². The number of piperidine rings is 1. The summed E-state index contributed by atoms with van der Waals surface area (Å²) in [5.74, 6) is 2.90. The molecule has 0 saturated carbocycles. The van der Waals surface area contributed by atoms with Crippen LogP contribution >= 0.6 is 0 Å². The van der Waals surface area contributed by atoms with E-state index in [1.807, 2.05) is 43.0 Å². The Morgan fingerprint density at radius 2 is 1.79 bits per heavy atom. The van der Waals surface area contributed by atoms with Crippen molar-refractivity contribution >= 4 is 22.5 Å². The number of halogens is 2. The van der Waals surface area contributed by atoms with Gasteiger partial charge in [-0.15, -0.1) is 6.42 Å². The average molecular weight is 800 g/mol. The van der Waals surface area contributed by atoms with Crippen LogP contribution in [0.3, 0.4) is 0 Å². The largest absolute Gasteiger partial charge is 0.467 e. The van der Waals surface area contributed by atoms with Crippen LogP contribution in [-0.2, 0) is 27.3 Å². The molecule has 5 aliphatic rings. The summed E-state index contributed by atoms with van der Waals surface area (Å²) in [7, 11) is 3.32. The summed E-state index contributed by atoms with van der Waals surface area (Å²) in [5, 5.41) is 8.87. The van der Waals surface area contributed by atoms with Crippen LogP contribution in [0.2, 0.25) is 0 Å². The van der Waals surface area contributed by atoms with Gasteiger partial charge in [0.1, 0.15) is 17.8 Å². The standard InChI is InChI=1S/C34H38FN5O4.C7H12FN.C2H3N.C2H6/c1-4-25-28(35)11-10-23-7-5-8-26(32(23)25)30-21-29-27(22-44-30)33(37-34(36-29)43-3)40-19-17-39(18-20-40)31(41)9-6-14-38-15-12-24(42-2)13-16-38;8-6-4-7-2-1-3-9(7)5-6;1-2-3;1-2/h1,5-11,24,30H,12-22H2,2-3H3;6-7H,1-5H2;1H3;1-2H3/b9-6+;;;. The van der Waals surface area contributed by atoms with Gasteiger partial charge in [0, 0.05) is 95.9 Å². The minimum Gasteiger partial charge on any atom is -0.467 e. The summed E-state index contributed by atoms with van der Waals surface area (Å²) < 4.78 is 44.6. The van der Waals surface area contributed by atoms with Gasteiger partial charge in [-0.05, 0) is 55.7 Å². The molecule has 0 radical (unpaired) electrons. The normalized spacial score (nSPS) is 22.0. The van der Waals surface area contributed by atoms with E-state index in [2.05, 4.69) is 25.6 Å². The van der Waals surface area contributed by atoms with Crippen LogP contribution in [0.25, 0.3) is 10.8 Å². The van der Waals surface area contributed by atoms with E-state index in [1.54, 1.807) is 32.4 Å². The quantitative estimate of drug-likeness (QED) is 0.191. The summed E-state index contributed by atoms with van der Waals surface area (Å²) in [6.45, 7) is 12.8. The van der Waals surface area contributed by atoms with Gasteiger partial charge in [-0.2, -0.15) is 15.2 Å². The zero-order chi connectivity index (χ0) is 41.6. The monoisotopic (exact) mass is 799 g/mol. The SMILES string of the molecule is C#Cc1c(F)ccc2cccc(C3Cc4nc(OC)nc(N5CCN(C(=O)/C=C/CN6CCC(OC)CC6)CC5)c4CO3)c12.CC.CC#N.FC1CC2CCCN2C1. The first kappa shape index (κ1) is 44.4. The van der Waals surface area contributed by atoms with E-state index in [4.69, 9.17) is 30.9 Å². The van der Waals surface area contributed by atoms with E-state index < -0.39 is 12.0 Å². The third-order valence-electron chi connectivity index (χ3n) is 11.4. The van der Waals surface area contributed by atoms with E-state index in [0.717, 1.165) is 73.5 Å². The van der Waals surface area contributed by atoms with Crippen molar-refractivity contribution in [3.05, 3.63) is 70.7 Å². The molecule has 2 aromatic carbocycles. The van der Waals surface area contributed by atoms with Crippen molar-refractivity contribution in [1.82, 2.24) is 24.7 Å². The topological polar surface area (TPSA) is 107 Å². The fraction of sp³-hybridized carbons (Fsp3) is 0.556. The molecule has 3 atom stereocenters. The molecule has 13 heteroatoms. The second-order valence-corrected chi connectivity index (χ2v) is 14.8. The van der Waals surface area contributed by atoms with Gasteiger partial charge in [-0.25, -0.2) is 8.78 Å². The molecule has 11 nitrogen and oxygen atoms in total. The van der Waals surface area contributed by atoms with Crippen LogP contribution < -0.4 is 9.64 Å². The van der Waals surface area contributed by atoms with E-state index in [1.165, 1.54) is 25.8 Å². The second kappa shape index (κ2) is 21.9. The van der Waals surface area contributed by atoms with E-state index in [9.17, 15) is 13.6 Å². The zero-order valence-corrected chi connectivity index (χ0v) is 34.8. The van der Waals surface area contributed by atoms with Crippen molar-refractivity contribution in [2.24, 2.45) is 0 Å². The first-order valence-corrected chi connectivity index (χ1v) is 20.6. The van der Waals surface area contributed by atoms with Gasteiger partial charge in [0.2, 0.25) is 5.91 Å². The number of nitriles is 1. The molecule has 8 rings (SSSR count). The molecule has 3 aromatic rings. The fourth-order valence-electron chi connectivity index (χ4n) is 8.48. The Morgan fingerprint density at radius 1 is 1.05 bits per heavy atom. The number of likely N-dealkylation sites (tertiary alicyclic amines) is 1. The predicted octanol–water partition coefficient (Wildman–Crippen LogP) is 6.64. The number of piperazine rings is 1. The summed E-state index contributed by atoms with van der Waals surface area (Å²) >= 11 is 0. The van der Waals surface area contributed by atoms with Gasteiger partial charge >= 0.3 is 6.01 Å². The molecule has 1 aromatic heterocycles. The number of aromatic nitrogens is 2. The minimum atomic E-state index is -0.518. The lowest BCUT2D eigenvalue weighted by Crippen LogP contribution is -2.49. The summed E-state index contributed by atoms with van der Waals surface area (Å²) in [4.78, 5) is 31.0. The van der Waals surface area contributed by atoms with Crippen molar-refractivity contribution < 1.29 is 27.8 Å². The number of alkyl halides is 1. The maximum absolute atomic E-state index is 14.6. The highest BCUT2D eigenvalue weighted by Crippen LogP contribution is 2.39. The van der Waals surface area contributed by atoms with Gasteiger partial charge in [-0.3, -0.25) is 14.6 Å². The Balaban J connectivity index is 0.000000388. The molecular formula is C45H59F2N7O4. The number of rotatable bonds is 7. The number of benzene rings is 2. The van der Waals surface area contributed by atoms with E-state index >= 15 is 0 Å². The van der Waals surface area contributed by atoms with Crippen molar-refractivity contribution in [3.63, 3.8) is 0 Å². The van der Waals surface area contributed by atoms with Gasteiger partial charge in [-0.1, -0.05) is 50.1 Å². The molecule has 0 N–H and O–H groups in total. The number of carbonyl (C=O) groups is 1. The first-order chi connectivity index (χ1) is 28.3. The number of anilines is 1. The van der Waals surface area contributed by atoms with E-state index in [-0.39, 0.29) is 23.6 Å². The Kier molecular flexibility index (Phi) is 16.8. The first-order valence-electron chi connectivity index (χ1n) is 20.6. The molecule has 5 aliphatic heterocycles. The Labute approximate surface area is 342 Å². The van der Waals surface area contributed by atoms with Crippen molar-refractivity contribution in [1.29, 1.82) is 5.26 Å². The number of nitrogens with zero attached hydrogens (tertiary/aromatic N) is 7. The molecule has 0 bridgehead atoms. The molecule has 6 heterocycles. The van der Waals surface area contributed by atoms with E-state index in [0.29, 0.717) is 63.3 Å². The lowest BCUT2D eigenvalue weighted by Gasteiger charge is -2.37. The number of hydrogen-bond donors (Lipinski definition) is 0. The summed E-state index contributed by atoms with van der Waals surface area (Å²) in [6, 6.07) is 11.6. The highest BCUT2D eigenvalue weighted by molar-refractivity contribution is 5.91. The molecule has 3 unspecified atom stereocenters. The summed E-state index contributed by atoms with van der Waals surface area (Å²) in [6.07, 6.45) is 14.7. The van der Waals surface area contributed by atoms with Crippen molar-refractivity contribution in [2.75, 3.05) is 78.0 Å². The number of hydrogen-bond acceptors (Lipinski definition) is 10. The lowest BCUT2D eigenvalue weighted by molar-refractivity contribution is -0.126. The lowest BCUT2D eigenvalue weighted by atomic mass is 9.92. The smallest absolute Gasteiger partial charge is 0.318 e. The maximum atomic E-state index is 14.6. The van der Waals surface area contributed by atoms with Crippen LogP contribution in [0.4, 0.5) is 14.6 Å². The number of methoxy groups -OCH3 is 2. The zero-order valence-electron chi connectivity index (χ0n) is 34.8. The van der Waals surface area contributed by atoms with Gasteiger partial charge < -0.3 is 24.0 Å². The number of terminal acetylenes is 1. The third-order valence-corrected chi connectivity index (χ3v) is 11.4. The molecule has 312 valence electrons. The number of carbonyl (C=O) groups excluding carboxylic acids is 1. The number of fused-ring (bicyclic) bond motifs is 3. The predicted molar refractivity (Wildman–Crippen MR) is 223 cm³/mol. The van der Waals surface area contributed by atoms with Gasteiger partial charge in [0.15, 0.2) is 0 Å². The third kappa shape index (κ3) is 10.9. The van der Waals surface area contributed by atoms with Crippen LogP contribution in [0.15, 0.2) is 42.5 Å². The Morgan fingerprint density at radius 3 is 2.47 bits per heavy atom.